The molecule has 0 spiro atoms. The van der Waals surface area contributed by atoms with E-state index < -0.39 is 41.5 Å². The minimum absolute atomic E-state index is 0.0698. The van der Waals surface area contributed by atoms with E-state index in [-0.39, 0.29) is 43.3 Å². The zero-order chi connectivity index (χ0) is 37.9. The van der Waals surface area contributed by atoms with Crippen molar-refractivity contribution in [2.45, 2.75) is 101 Å². The van der Waals surface area contributed by atoms with Crippen molar-refractivity contribution in [1.82, 2.24) is 30.0 Å². The molecule has 54 heavy (non-hydrogen) atoms. The highest BCUT2D eigenvalue weighted by Crippen LogP contribution is 2.45. The predicted molar refractivity (Wildman–Crippen MR) is 202 cm³/mol. The second kappa shape index (κ2) is 14.2. The Morgan fingerprint density at radius 1 is 1.11 bits per heavy atom. The van der Waals surface area contributed by atoms with Crippen LogP contribution in [0.15, 0.2) is 36.9 Å². The van der Waals surface area contributed by atoms with E-state index in [1.54, 1.807) is 29.4 Å². The first kappa shape index (κ1) is 36.3. The van der Waals surface area contributed by atoms with Crippen LogP contribution >= 0.6 is 11.3 Å². The number of methoxy groups -OCH3 is 1. The Bertz CT molecular complexity index is 1990. The first-order valence-corrected chi connectivity index (χ1v) is 20.0. The van der Waals surface area contributed by atoms with Crippen LogP contribution in [0, 0.1) is 11.8 Å². The van der Waals surface area contributed by atoms with Gasteiger partial charge in [-0.15, -0.1) is 17.9 Å². The van der Waals surface area contributed by atoms with Crippen molar-refractivity contribution in [2.75, 3.05) is 26.7 Å². The molecule has 2 saturated heterocycles. The summed E-state index contributed by atoms with van der Waals surface area (Å²) in [4.78, 5) is 71.5. The summed E-state index contributed by atoms with van der Waals surface area (Å²) in [5.74, 6) is -1.54. The SMILES string of the molecule is C=C[C@@H]1C[C@]1(NC(=O)[C@@H]1C[C@@H](Oc2cc(-c3nc4c(s3)CCC4)nc3cc(OC)ccc23)CN1C(=O)[C@H](C(C)C)N1CCN(C2CCCC2)C1=O)C(=O)O. The van der Waals surface area contributed by atoms with Crippen LogP contribution in [0.5, 0.6) is 11.5 Å². The van der Waals surface area contributed by atoms with Crippen molar-refractivity contribution in [2.24, 2.45) is 11.8 Å². The average molecular weight is 757 g/mol. The zero-order valence-electron chi connectivity index (χ0n) is 31.1. The number of thiazole rings is 1. The van der Waals surface area contributed by atoms with Gasteiger partial charge < -0.3 is 34.6 Å². The van der Waals surface area contributed by atoms with E-state index in [0.717, 1.165) is 61.0 Å². The highest BCUT2D eigenvalue weighted by Gasteiger charge is 2.61. The second-order valence-corrected chi connectivity index (χ2v) is 16.8. The van der Waals surface area contributed by atoms with Gasteiger partial charge in [0.2, 0.25) is 11.8 Å². The standard InChI is InChI=1S/C40H48N6O7S/c1-5-23-20-40(23,38(49)50)43-35(47)31-18-26(21-46(31)37(48)34(22(2)3)45-16-15-44(39(45)51)24-9-6-7-10-24)53-32-19-30(36-42-28-11-8-12-33(28)54-36)41-29-17-25(52-4)13-14-27(29)32/h5,13-14,17,19,22-24,26,31,34H,1,6-12,15-16,18,20-21H2,2-4H3,(H,43,47)(H,49,50)/t23-,26-,31+,34+,40-/m1/s1. The Morgan fingerprint density at radius 3 is 2.59 bits per heavy atom. The summed E-state index contributed by atoms with van der Waals surface area (Å²) in [5, 5.41) is 14.4. The maximum atomic E-state index is 14.8. The topological polar surface area (TPSA) is 154 Å². The molecule has 2 aromatic heterocycles. The number of rotatable bonds is 12. The van der Waals surface area contributed by atoms with Crippen LogP contribution < -0.4 is 14.8 Å². The maximum Gasteiger partial charge on any atom is 0.330 e. The number of hydrogen-bond acceptors (Lipinski definition) is 9. The molecular weight excluding hydrogens is 709 g/mol. The van der Waals surface area contributed by atoms with Crippen molar-refractivity contribution in [3.63, 3.8) is 0 Å². The molecule has 286 valence electrons. The number of carboxylic acids is 1. The lowest BCUT2D eigenvalue weighted by molar-refractivity contribution is -0.146. The monoisotopic (exact) mass is 756 g/mol. The number of hydrogen-bond donors (Lipinski definition) is 2. The van der Waals surface area contributed by atoms with Crippen LogP contribution in [-0.4, -0.2) is 110 Å². The van der Waals surface area contributed by atoms with Crippen LogP contribution in [0.4, 0.5) is 4.79 Å². The summed E-state index contributed by atoms with van der Waals surface area (Å²) in [6.45, 7) is 8.64. The lowest BCUT2D eigenvalue weighted by Gasteiger charge is -2.35. The van der Waals surface area contributed by atoms with Crippen LogP contribution in [0.2, 0.25) is 0 Å². The lowest BCUT2D eigenvalue weighted by atomic mass is 10.0. The molecule has 0 radical (unpaired) electrons. The normalized spacial score (nSPS) is 25.7. The molecule has 5 atom stereocenters. The van der Waals surface area contributed by atoms with Crippen LogP contribution in [0.3, 0.4) is 0 Å². The fraction of sp³-hybridized carbons (Fsp3) is 0.550. The number of benzene rings is 1. The molecule has 0 bridgehead atoms. The van der Waals surface area contributed by atoms with Gasteiger partial charge in [0.15, 0.2) is 0 Å². The Hall–Kier alpha value is -4.72. The minimum Gasteiger partial charge on any atom is -0.497 e. The fourth-order valence-electron chi connectivity index (χ4n) is 9.02. The first-order valence-electron chi connectivity index (χ1n) is 19.2. The van der Waals surface area contributed by atoms with Crippen molar-refractivity contribution in [1.29, 1.82) is 0 Å². The summed E-state index contributed by atoms with van der Waals surface area (Å²) in [5.41, 5.74) is 0.959. The smallest absolute Gasteiger partial charge is 0.330 e. The van der Waals surface area contributed by atoms with Gasteiger partial charge >= 0.3 is 12.0 Å². The zero-order valence-corrected chi connectivity index (χ0v) is 31.9. The van der Waals surface area contributed by atoms with E-state index in [4.69, 9.17) is 19.4 Å². The van der Waals surface area contributed by atoms with E-state index in [1.807, 2.05) is 43.0 Å². The number of amides is 4. The molecule has 4 amide bonds. The van der Waals surface area contributed by atoms with Gasteiger partial charge in [0.05, 0.1) is 24.9 Å². The van der Waals surface area contributed by atoms with Gasteiger partial charge in [-0.1, -0.05) is 32.8 Å². The van der Waals surface area contributed by atoms with Gasteiger partial charge in [0.25, 0.3) is 0 Å². The summed E-state index contributed by atoms with van der Waals surface area (Å²) in [7, 11) is 1.60. The molecule has 13 nitrogen and oxygen atoms in total. The number of urea groups is 1. The third kappa shape index (κ3) is 6.35. The van der Waals surface area contributed by atoms with Crippen LogP contribution in [0.25, 0.3) is 21.6 Å². The number of nitrogens with zero attached hydrogens (tertiary/aromatic N) is 5. The molecule has 4 fully saturated rings. The highest BCUT2D eigenvalue weighted by atomic mass is 32.1. The van der Waals surface area contributed by atoms with E-state index in [2.05, 4.69) is 11.9 Å². The quantitative estimate of drug-likeness (QED) is 0.242. The number of pyridine rings is 1. The minimum atomic E-state index is -1.47. The summed E-state index contributed by atoms with van der Waals surface area (Å²) < 4.78 is 12.3. The number of aliphatic carboxylic acids is 1. The van der Waals surface area contributed by atoms with Crippen molar-refractivity contribution < 1.29 is 33.8 Å². The molecule has 4 heterocycles. The molecule has 3 aliphatic carbocycles. The fourth-order valence-corrected chi connectivity index (χ4v) is 10.1. The molecule has 2 aliphatic heterocycles. The number of carboxylic acid groups (broad SMARTS) is 1. The number of nitrogens with one attached hydrogen (secondary N) is 1. The summed E-state index contributed by atoms with van der Waals surface area (Å²) in [6, 6.07) is 5.65. The maximum absolute atomic E-state index is 14.8. The third-order valence-electron chi connectivity index (χ3n) is 12.0. The highest BCUT2D eigenvalue weighted by molar-refractivity contribution is 7.15. The number of aromatic nitrogens is 2. The number of fused-ring (bicyclic) bond motifs is 2. The Kier molecular flexibility index (Phi) is 9.51. The van der Waals surface area contributed by atoms with Gasteiger partial charge in [-0.2, -0.15) is 0 Å². The number of ether oxygens (including phenoxy) is 2. The van der Waals surface area contributed by atoms with Gasteiger partial charge in [-0.25, -0.2) is 19.6 Å². The number of carbonyl (C=O) groups excluding carboxylic acids is 3. The third-order valence-corrected chi connectivity index (χ3v) is 13.2. The number of carbonyl (C=O) groups is 4. The Balaban J connectivity index is 1.11. The van der Waals surface area contributed by atoms with Crippen molar-refractivity contribution in [3.8, 4) is 22.2 Å². The second-order valence-electron chi connectivity index (χ2n) is 15.7. The summed E-state index contributed by atoms with van der Waals surface area (Å²) in [6.07, 6.45) is 8.42. The lowest BCUT2D eigenvalue weighted by Crippen LogP contribution is -2.58. The molecular formula is C40H48N6O7S. The molecule has 5 aliphatic rings. The molecule has 2 N–H and O–H groups in total. The van der Waals surface area contributed by atoms with E-state index in [1.165, 1.54) is 9.78 Å². The van der Waals surface area contributed by atoms with E-state index in [0.29, 0.717) is 35.8 Å². The molecule has 1 aromatic carbocycles. The van der Waals surface area contributed by atoms with Gasteiger partial charge in [0.1, 0.15) is 45.9 Å². The van der Waals surface area contributed by atoms with Gasteiger partial charge in [-0.05, 0) is 56.6 Å². The predicted octanol–water partition coefficient (Wildman–Crippen LogP) is 5.05. The van der Waals surface area contributed by atoms with Gasteiger partial charge in [-0.3, -0.25) is 9.59 Å². The van der Waals surface area contributed by atoms with E-state index >= 15 is 0 Å². The Labute approximate surface area is 318 Å². The Morgan fingerprint density at radius 2 is 1.91 bits per heavy atom. The molecule has 8 rings (SSSR count). The molecule has 0 unspecified atom stereocenters. The van der Waals surface area contributed by atoms with Crippen LogP contribution in [-0.2, 0) is 27.2 Å². The van der Waals surface area contributed by atoms with Crippen molar-refractivity contribution >= 4 is 46.1 Å². The largest absolute Gasteiger partial charge is 0.497 e. The first-order chi connectivity index (χ1) is 26.0. The molecule has 14 heteroatoms. The van der Waals surface area contributed by atoms with Crippen LogP contribution in [0.1, 0.15) is 69.4 Å². The molecule has 3 aromatic rings. The number of likely N-dealkylation sites (tertiary alicyclic amines) is 1. The summed E-state index contributed by atoms with van der Waals surface area (Å²) >= 11 is 1.64. The number of aryl methyl sites for hydroxylation is 2. The van der Waals surface area contributed by atoms with E-state index in [9.17, 15) is 24.3 Å². The molecule has 2 saturated carbocycles. The average Bonchev–Trinajstić information content (AvgIpc) is 3.82. The van der Waals surface area contributed by atoms with Gasteiger partial charge in [0, 0.05) is 53.9 Å². The van der Waals surface area contributed by atoms with Crippen molar-refractivity contribution in [3.05, 3.63) is 47.5 Å².